The summed E-state index contributed by atoms with van der Waals surface area (Å²) in [4.78, 5) is 26.1. The number of ether oxygens (including phenoxy) is 1. The monoisotopic (exact) mass is 390 g/mol. The molecule has 148 valence electrons. The van der Waals surface area contributed by atoms with Crippen molar-refractivity contribution in [3.63, 3.8) is 0 Å². The summed E-state index contributed by atoms with van der Waals surface area (Å²) in [5.41, 5.74) is 3.33. The first-order chi connectivity index (χ1) is 14.2. The lowest BCUT2D eigenvalue weighted by Crippen LogP contribution is -2.45. The van der Waals surface area contributed by atoms with Crippen molar-refractivity contribution in [1.29, 1.82) is 0 Å². The van der Waals surface area contributed by atoms with E-state index in [0.29, 0.717) is 31.9 Å². The number of hydrogen-bond donors (Lipinski definition) is 2. The second-order valence-electron chi connectivity index (χ2n) is 6.79. The Balaban J connectivity index is 1.34. The van der Waals surface area contributed by atoms with Crippen LogP contribution < -0.4 is 5.32 Å². The van der Waals surface area contributed by atoms with Crippen LogP contribution in [0.1, 0.15) is 21.6 Å². The Bertz CT molecular complexity index is 1030. The summed E-state index contributed by atoms with van der Waals surface area (Å²) in [7, 11) is 0. The molecule has 7 heteroatoms. The van der Waals surface area contributed by atoms with Crippen LogP contribution in [0, 0.1) is 0 Å². The van der Waals surface area contributed by atoms with Gasteiger partial charge in [-0.1, -0.05) is 36.4 Å². The molecule has 2 amide bonds. The number of rotatable bonds is 5. The van der Waals surface area contributed by atoms with E-state index in [0.717, 1.165) is 22.2 Å². The van der Waals surface area contributed by atoms with Gasteiger partial charge in [-0.05, 0) is 29.8 Å². The minimum Gasteiger partial charge on any atom is -0.378 e. The van der Waals surface area contributed by atoms with Crippen LogP contribution in [0.2, 0.25) is 0 Å². The highest BCUT2D eigenvalue weighted by atomic mass is 16.5. The van der Waals surface area contributed by atoms with Crippen LogP contribution in [0.4, 0.5) is 0 Å². The van der Waals surface area contributed by atoms with Crippen molar-refractivity contribution in [1.82, 2.24) is 20.4 Å². The first kappa shape index (κ1) is 18.9. The number of amides is 2. The zero-order valence-electron chi connectivity index (χ0n) is 15.9. The van der Waals surface area contributed by atoms with Gasteiger partial charge in [0.1, 0.15) is 0 Å². The molecule has 3 aromatic rings. The van der Waals surface area contributed by atoms with E-state index in [1.165, 1.54) is 0 Å². The summed E-state index contributed by atoms with van der Waals surface area (Å²) >= 11 is 0. The van der Waals surface area contributed by atoms with Crippen molar-refractivity contribution in [2.24, 2.45) is 0 Å². The zero-order chi connectivity index (χ0) is 20.1. The summed E-state index contributed by atoms with van der Waals surface area (Å²) in [6.07, 6.45) is 3.89. The van der Waals surface area contributed by atoms with E-state index >= 15 is 0 Å². The lowest BCUT2D eigenvalue weighted by molar-refractivity contribution is -0.134. The van der Waals surface area contributed by atoms with Gasteiger partial charge in [-0.15, -0.1) is 0 Å². The van der Waals surface area contributed by atoms with Gasteiger partial charge in [-0.25, -0.2) is 0 Å². The van der Waals surface area contributed by atoms with Crippen molar-refractivity contribution < 1.29 is 14.3 Å². The maximum Gasteiger partial charge on any atom is 0.251 e. The summed E-state index contributed by atoms with van der Waals surface area (Å²) in [6.45, 7) is 2.22. The van der Waals surface area contributed by atoms with Crippen LogP contribution >= 0.6 is 0 Å². The number of para-hydroxylation sites is 1. The fourth-order valence-corrected chi connectivity index (χ4v) is 3.21. The zero-order valence-corrected chi connectivity index (χ0v) is 15.9. The van der Waals surface area contributed by atoms with E-state index < -0.39 is 0 Å². The number of aromatic amines is 1. The lowest BCUT2D eigenvalue weighted by Gasteiger charge is -2.26. The molecule has 2 heterocycles. The maximum absolute atomic E-state index is 12.3. The molecule has 1 aromatic heterocycles. The molecule has 0 atom stereocenters. The number of aromatic nitrogens is 2. The normalized spacial score (nSPS) is 14.4. The topological polar surface area (TPSA) is 87.3 Å². The highest BCUT2D eigenvalue weighted by molar-refractivity contribution is 5.96. The lowest BCUT2D eigenvalue weighted by atomic mass is 10.1. The average molecular weight is 390 g/mol. The number of benzene rings is 2. The molecule has 1 aliphatic rings. The van der Waals surface area contributed by atoms with Gasteiger partial charge in [0.2, 0.25) is 5.91 Å². The van der Waals surface area contributed by atoms with E-state index in [4.69, 9.17) is 4.74 Å². The predicted octanol–water partition coefficient (Wildman–Crippen LogP) is 2.32. The fraction of sp³-hybridized carbons (Fsp3) is 0.227. The molecule has 0 unspecified atom stereocenters. The van der Waals surface area contributed by atoms with Crippen molar-refractivity contribution in [3.05, 3.63) is 65.4 Å². The molecule has 2 aromatic carbocycles. The van der Waals surface area contributed by atoms with E-state index in [1.807, 2.05) is 48.6 Å². The number of nitrogens with zero attached hydrogens (tertiary/aromatic N) is 2. The number of fused-ring (bicyclic) bond motifs is 1. The van der Waals surface area contributed by atoms with E-state index in [9.17, 15) is 9.59 Å². The fourth-order valence-electron chi connectivity index (χ4n) is 3.21. The van der Waals surface area contributed by atoms with Crippen LogP contribution in [-0.4, -0.2) is 59.8 Å². The van der Waals surface area contributed by atoms with Crippen molar-refractivity contribution >= 4 is 34.9 Å². The molecule has 0 spiro atoms. The summed E-state index contributed by atoms with van der Waals surface area (Å²) in [5.74, 6) is -0.354. The SMILES string of the molecule is O=C(NCC(=O)N1CCOCC1)c1ccc(/C=C/c2n[nH]c3ccccc23)cc1. The van der Waals surface area contributed by atoms with Gasteiger partial charge in [0.05, 0.1) is 31.0 Å². The molecule has 0 radical (unpaired) electrons. The smallest absolute Gasteiger partial charge is 0.251 e. The Labute approximate surface area is 168 Å². The van der Waals surface area contributed by atoms with Crippen molar-refractivity contribution in [3.8, 4) is 0 Å². The van der Waals surface area contributed by atoms with E-state index in [1.54, 1.807) is 17.0 Å². The highest BCUT2D eigenvalue weighted by Crippen LogP contribution is 2.17. The van der Waals surface area contributed by atoms with Crippen LogP contribution in [0.25, 0.3) is 23.1 Å². The van der Waals surface area contributed by atoms with Crippen molar-refractivity contribution in [2.75, 3.05) is 32.8 Å². The first-order valence-electron chi connectivity index (χ1n) is 9.56. The van der Waals surface area contributed by atoms with E-state index in [-0.39, 0.29) is 18.4 Å². The molecule has 1 fully saturated rings. The number of H-pyrrole nitrogens is 1. The van der Waals surface area contributed by atoms with Crippen LogP contribution in [0.15, 0.2) is 48.5 Å². The van der Waals surface area contributed by atoms with Gasteiger partial charge in [0, 0.05) is 24.0 Å². The standard InChI is InChI=1S/C22H22N4O3/c27-21(26-11-13-29-14-12-26)15-23-22(28)17-8-5-16(6-9-17)7-10-20-18-3-1-2-4-19(18)24-25-20/h1-10H,11-15H2,(H,23,28)(H,24,25)/b10-7+. The molecule has 1 aliphatic heterocycles. The summed E-state index contributed by atoms with van der Waals surface area (Å²) in [6, 6.07) is 15.2. The summed E-state index contributed by atoms with van der Waals surface area (Å²) in [5, 5.41) is 11.1. The van der Waals surface area contributed by atoms with Gasteiger partial charge in [-0.2, -0.15) is 5.10 Å². The van der Waals surface area contributed by atoms with Gasteiger partial charge in [-0.3, -0.25) is 14.7 Å². The number of morpholine rings is 1. The van der Waals surface area contributed by atoms with E-state index in [2.05, 4.69) is 15.5 Å². The molecular weight excluding hydrogens is 368 g/mol. The van der Waals surface area contributed by atoms with Crippen LogP contribution in [0.3, 0.4) is 0 Å². The van der Waals surface area contributed by atoms with Crippen molar-refractivity contribution in [2.45, 2.75) is 0 Å². The second kappa shape index (κ2) is 8.70. The Morgan fingerprint density at radius 3 is 2.62 bits per heavy atom. The molecule has 4 rings (SSSR count). The molecule has 0 saturated carbocycles. The molecule has 0 bridgehead atoms. The number of carbonyl (C=O) groups is 2. The molecule has 2 N–H and O–H groups in total. The molecule has 7 nitrogen and oxygen atoms in total. The Kier molecular flexibility index (Phi) is 5.67. The van der Waals surface area contributed by atoms with Gasteiger partial charge >= 0.3 is 0 Å². The number of carbonyl (C=O) groups excluding carboxylic acids is 2. The highest BCUT2D eigenvalue weighted by Gasteiger charge is 2.17. The number of nitrogens with one attached hydrogen (secondary N) is 2. The molecular formula is C22H22N4O3. The predicted molar refractivity (Wildman–Crippen MR) is 111 cm³/mol. The first-order valence-corrected chi connectivity index (χ1v) is 9.56. The van der Waals surface area contributed by atoms with Crippen LogP contribution in [0.5, 0.6) is 0 Å². The average Bonchev–Trinajstić information content (AvgIpc) is 3.20. The Hall–Kier alpha value is -3.45. The molecule has 29 heavy (non-hydrogen) atoms. The quantitative estimate of drug-likeness (QED) is 0.700. The molecule has 0 aliphatic carbocycles. The van der Waals surface area contributed by atoms with Gasteiger partial charge in [0.25, 0.3) is 5.91 Å². The van der Waals surface area contributed by atoms with Gasteiger partial charge in [0.15, 0.2) is 0 Å². The van der Waals surface area contributed by atoms with Gasteiger partial charge < -0.3 is 15.0 Å². The minimum absolute atomic E-state index is 0.00722. The third-order valence-corrected chi connectivity index (χ3v) is 4.87. The minimum atomic E-state index is -0.263. The molecule has 1 saturated heterocycles. The Morgan fingerprint density at radius 2 is 1.83 bits per heavy atom. The second-order valence-corrected chi connectivity index (χ2v) is 6.79. The number of hydrogen-bond acceptors (Lipinski definition) is 4. The Morgan fingerprint density at radius 1 is 1.07 bits per heavy atom. The third-order valence-electron chi connectivity index (χ3n) is 4.87. The maximum atomic E-state index is 12.3. The van der Waals surface area contributed by atoms with Crippen LogP contribution in [-0.2, 0) is 9.53 Å². The summed E-state index contributed by atoms with van der Waals surface area (Å²) < 4.78 is 5.23. The third kappa shape index (κ3) is 4.52. The largest absolute Gasteiger partial charge is 0.378 e.